The Bertz CT molecular complexity index is 599. The predicted octanol–water partition coefficient (Wildman–Crippen LogP) is 3.61. The molecule has 129 valence electrons. The van der Waals surface area contributed by atoms with E-state index in [-0.39, 0.29) is 11.3 Å². The van der Waals surface area contributed by atoms with Gasteiger partial charge in [-0.2, -0.15) is 5.26 Å². The fourth-order valence-corrected chi connectivity index (χ4v) is 2.85. The largest absolute Gasteiger partial charge is 0.371 e. The number of amides is 1. The molecule has 1 saturated heterocycles. The van der Waals surface area contributed by atoms with Crippen molar-refractivity contribution < 1.29 is 4.79 Å². The van der Waals surface area contributed by atoms with Crippen LogP contribution in [0.3, 0.4) is 0 Å². The minimum absolute atomic E-state index is 0.0753. The molecule has 1 aromatic carbocycles. The Kier molecular flexibility index (Phi) is 5.54. The first-order chi connectivity index (χ1) is 11.2. The molecule has 0 aromatic heterocycles. The first-order valence-corrected chi connectivity index (χ1v) is 8.61. The molecule has 1 aromatic rings. The van der Waals surface area contributed by atoms with Crippen LogP contribution in [-0.4, -0.2) is 24.5 Å². The average molecular weight is 326 g/mol. The first-order valence-electron chi connectivity index (χ1n) is 8.61. The topological polar surface area (TPSA) is 56.1 Å². The van der Waals surface area contributed by atoms with Crippen molar-refractivity contribution in [1.29, 1.82) is 5.26 Å². The molecule has 1 radical (unpaired) electrons. The Morgan fingerprint density at radius 2 is 1.88 bits per heavy atom. The number of nitrogens with zero attached hydrogens (tertiary/aromatic N) is 2. The number of hydrogen-bond donors (Lipinski definition) is 1. The summed E-state index contributed by atoms with van der Waals surface area (Å²) in [6.45, 7) is 9.90. The molecule has 0 unspecified atom stereocenters. The van der Waals surface area contributed by atoms with Gasteiger partial charge in [-0.3, -0.25) is 4.79 Å². The summed E-state index contributed by atoms with van der Waals surface area (Å²) in [4.78, 5) is 14.5. The zero-order valence-electron chi connectivity index (χ0n) is 15.2. The van der Waals surface area contributed by atoms with Crippen LogP contribution in [0.1, 0.15) is 45.6 Å². The highest BCUT2D eigenvalue weighted by atomic mass is 16.1. The van der Waals surface area contributed by atoms with Crippen molar-refractivity contribution in [3.05, 3.63) is 36.2 Å². The number of benzene rings is 1. The van der Waals surface area contributed by atoms with Gasteiger partial charge in [-0.1, -0.05) is 38.5 Å². The van der Waals surface area contributed by atoms with E-state index in [1.807, 2.05) is 0 Å². The van der Waals surface area contributed by atoms with Crippen molar-refractivity contribution in [2.45, 2.75) is 52.5 Å². The van der Waals surface area contributed by atoms with E-state index in [2.05, 4.69) is 68.2 Å². The maximum atomic E-state index is 12.2. The predicted molar refractivity (Wildman–Crippen MR) is 97.5 cm³/mol. The van der Waals surface area contributed by atoms with Crippen LogP contribution >= 0.6 is 0 Å². The maximum Gasteiger partial charge on any atom is 0.225 e. The molecule has 1 amide bonds. The third-order valence-electron chi connectivity index (χ3n) is 4.49. The van der Waals surface area contributed by atoms with E-state index >= 15 is 0 Å². The highest BCUT2D eigenvalue weighted by molar-refractivity contribution is 5.85. The number of hydrogen-bond acceptors (Lipinski definition) is 3. The highest BCUT2D eigenvalue weighted by Gasteiger charge is 2.36. The van der Waals surface area contributed by atoms with E-state index in [1.54, 1.807) is 6.42 Å². The van der Waals surface area contributed by atoms with E-state index in [9.17, 15) is 10.1 Å². The fraction of sp³-hybridized carbons (Fsp3) is 0.550. The van der Waals surface area contributed by atoms with Crippen LogP contribution in [0.5, 0.6) is 0 Å². The number of anilines is 1. The minimum atomic E-state index is -0.743. The molecule has 4 heteroatoms. The van der Waals surface area contributed by atoms with Crippen LogP contribution in [0.2, 0.25) is 0 Å². The quantitative estimate of drug-likeness (QED) is 0.919. The van der Waals surface area contributed by atoms with Crippen LogP contribution in [0.25, 0.3) is 0 Å². The van der Waals surface area contributed by atoms with Gasteiger partial charge in [0.05, 0.1) is 12.5 Å². The maximum absolute atomic E-state index is 12.2. The summed E-state index contributed by atoms with van der Waals surface area (Å²) in [6.07, 6.45) is 3.67. The summed E-state index contributed by atoms with van der Waals surface area (Å²) in [6, 6.07) is 10.8. The summed E-state index contributed by atoms with van der Waals surface area (Å²) in [7, 11) is 0. The van der Waals surface area contributed by atoms with Gasteiger partial charge in [-0.05, 0) is 30.9 Å². The Morgan fingerprint density at radius 3 is 2.38 bits per heavy atom. The molecule has 0 saturated carbocycles. The first kappa shape index (κ1) is 18.3. The molecular formula is C20H28N3O. The molecule has 1 heterocycles. The van der Waals surface area contributed by atoms with Crippen LogP contribution in [0.15, 0.2) is 24.3 Å². The summed E-state index contributed by atoms with van der Waals surface area (Å²) in [5, 5.41) is 12.6. The van der Waals surface area contributed by atoms with E-state index in [0.29, 0.717) is 19.3 Å². The second kappa shape index (κ2) is 7.25. The van der Waals surface area contributed by atoms with Crippen molar-refractivity contribution in [1.82, 2.24) is 5.32 Å². The lowest BCUT2D eigenvalue weighted by Crippen LogP contribution is -2.54. The number of piperidine rings is 1. The van der Waals surface area contributed by atoms with E-state index in [0.717, 1.165) is 13.1 Å². The molecule has 0 spiro atoms. The lowest BCUT2D eigenvalue weighted by Gasteiger charge is -2.39. The average Bonchev–Trinajstić information content (AvgIpc) is 2.54. The number of carbonyl (C=O) groups excluding carboxylic acids is 1. The zero-order chi connectivity index (χ0) is 17.8. The van der Waals surface area contributed by atoms with Gasteiger partial charge in [0, 0.05) is 31.6 Å². The molecule has 2 rings (SSSR count). The monoisotopic (exact) mass is 326 g/mol. The van der Waals surface area contributed by atoms with Gasteiger partial charge >= 0.3 is 0 Å². The van der Waals surface area contributed by atoms with Crippen LogP contribution in [0.4, 0.5) is 5.69 Å². The Hall–Kier alpha value is -2.02. The number of aryl methyl sites for hydroxylation is 1. The summed E-state index contributed by atoms with van der Waals surface area (Å²) in [5.74, 6) is -0.129. The lowest BCUT2D eigenvalue weighted by molar-refractivity contribution is -0.119. The molecule has 4 nitrogen and oxygen atoms in total. The molecule has 0 aliphatic carbocycles. The van der Waals surface area contributed by atoms with E-state index < -0.39 is 5.54 Å². The SMILES string of the molecule is Cc1ccc(N2CCC(C#N)(NC(=O)[CH]CC(C)(C)C)CC2)cc1. The van der Waals surface area contributed by atoms with E-state index in [1.165, 1.54) is 11.3 Å². The van der Waals surface area contributed by atoms with Crippen LogP contribution in [0, 0.1) is 30.1 Å². The van der Waals surface area contributed by atoms with Gasteiger partial charge in [0.15, 0.2) is 0 Å². The molecule has 1 aliphatic rings. The van der Waals surface area contributed by atoms with Crippen molar-refractivity contribution in [3.8, 4) is 6.07 Å². The normalized spacial score (nSPS) is 17.2. The van der Waals surface area contributed by atoms with Crippen molar-refractivity contribution in [2.75, 3.05) is 18.0 Å². The molecule has 1 N–H and O–H groups in total. The van der Waals surface area contributed by atoms with Gasteiger partial charge in [-0.25, -0.2) is 0 Å². The fourth-order valence-electron chi connectivity index (χ4n) is 2.85. The Morgan fingerprint density at radius 1 is 1.29 bits per heavy atom. The zero-order valence-corrected chi connectivity index (χ0v) is 15.2. The van der Waals surface area contributed by atoms with Gasteiger partial charge < -0.3 is 10.2 Å². The smallest absolute Gasteiger partial charge is 0.225 e. The molecule has 0 atom stereocenters. The Balaban J connectivity index is 1.92. The second-order valence-electron chi connectivity index (χ2n) is 7.97. The Labute approximate surface area is 145 Å². The lowest BCUT2D eigenvalue weighted by atomic mass is 9.87. The van der Waals surface area contributed by atoms with Gasteiger partial charge in [0.2, 0.25) is 5.91 Å². The van der Waals surface area contributed by atoms with Crippen LogP contribution in [-0.2, 0) is 4.79 Å². The molecule has 1 aliphatic heterocycles. The van der Waals surface area contributed by atoms with Gasteiger partial charge in [0.25, 0.3) is 0 Å². The third-order valence-corrected chi connectivity index (χ3v) is 4.49. The molecule has 24 heavy (non-hydrogen) atoms. The third kappa shape index (κ3) is 4.99. The van der Waals surface area contributed by atoms with E-state index in [4.69, 9.17) is 0 Å². The molecule has 1 fully saturated rings. The molecule has 0 bridgehead atoms. The van der Waals surface area contributed by atoms with Gasteiger partial charge in [-0.15, -0.1) is 0 Å². The number of nitrogens with one attached hydrogen (secondary N) is 1. The minimum Gasteiger partial charge on any atom is -0.371 e. The standard InChI is InChI=1S/C20H28N3O/c1-16-5-7-17(8-6-16)23-13-11-20(15-21,12-14-23)22-18(24)9-10-19(2,3)4/h5-9H,10-14H2,1-4H3,(H,22,24). The van der Waals surface area contributed by atoms with Gasteiger partial charge in [0.1, 0.15) is 5.54 Å². The summed E-state index contributed by atoms with van der Waals surface area (Å²) in [5.41, 5.74) is 1.75. The molecular weight excluding hydrogens is 298 g/mol. The summed E-state index contributed by atoms with van der Waals surface area (Å²) < 4.78 is 0. The van der Waals surface area contributed by atoms with Crippen LogP contribution < -0.4 is 10.2 Å². The number of nitriles is 1. The highest BCUT2D eigenvalue weighted by Crippen LogP contribution is 2.27. The van der Waals surface area contributed by atoms with Crippen molar-refractivity contribution in [2.24, 2.45) is 5.41 Å². The van der Waals surface area contributed by atoms with Crippen molar-refractivity contribution in [3.63, 3.8) is 0 Å². The number of carbonyl (C=O) groups is 1. The van der Waals surface area contributed by atoms with Crippen molar-refractivity contribution >= 4 is 11.6 Å². The summed E-state index contributed by atoms with van der Waals surface area (Å²) >= 11 is 0. The number of rotatable bonds is 4. The second-order valence-corrected chi connectivity index (χ2v) is 7.97.